The predicted molar refractivity (Wildman–Crippen MR) is 150 cm³/mol. The zero-order valence-electron chi connectivity index (χ0n) is 20.4. The monoisotopic (exact) mass is 625 g/mol. The van der Waals surface area contributed by atoms with E-state index in [0.29, 0.717) is 0 Å². The van der Waals surface area contributed by atoms with Gasteiger partial charge in [0.25, 0.3) is 10.0 Å². The Kier molecular flexibility index (Phi) is 9.63. The molecule has 1 N–H and O–H groups in total. The average molecular weight is 627 g/mol. The maximum absolute atomic E-state index is 13.8. The maximum Gasteiger partial charge on any atom is 0.264 e. The normalized spacial score (nSPS) is 12.1. The fraction of sp³-hybridized carbons (Fsp3) is 0.231. The number of carbonyl (C=O) groups excluding carboxylic acids is 2. The van der Waals surface area contributed by atoms with Crippen molar-refractivity contribution >= 4 is 66.7 Å². The summed E-state index contributed by atoms with van der Waals surface area (Å²) in [6.07, 6.45) is 0. The van der Waals surface area contributed by atoms with Gasteiger partial charge in [0.15, 0.2) is 0 Å². The second-order valence-electron chi connectivity index (χ2n) is 8.39. The summed E-state index contributed by atoms with van der Waals surface area (Å²) in [7, 11) is -2.73. The van der Waals surface area contributed by atoms with Crippen LogP contribution in [0.3, 0.4) is 0 Å². The highest BCUT2D eigenvalue weighted by Crippen LogP contribution is 2.30. The summed E-state index contributed by atoms with van der Waals surface area (Å²) in [4.78, 5) is 27.6. The van der Waals surface area contributed by atoms with Crippen LogP contribution >= 0.6 is 39.1 Å². The molecule has 0 bridgehead atoms. The van der Waals surface area contributed by atoms with Gasteiger partial charge in [0.2, 0.25) is 11.8 Å². The molecule has 196 valence electrons. The van der Waals surface area contributed by atoms with Gasteiger partial charge in [-0.1, -0.05) is 69.0 Å². The Balaban J connectivity index is 2.07. The molecule has 0 aliphatic rings. The second kappa shape index (κ2) is 12.3. The molecule has 0 radical (unpaired) electrons. The number of carbonyl (C=O) groups is 2. The fourth-order valence-electron chi connectivity index (χ4n) is 3.67. The number of benzene rings is 3. The number of amides is 2. The van der Waals surface area contributed by atoms with Crippen LogP contribution in [0.1, 0.15) is 18.1 Å². The summed E-state index contributed by atoms with van der Waals surface area (Å²) in [5.41, 5.74) is 1.77. The molecule has 1 atom stereocenters. The van der Waals surface area contributed by atoms with Crippen molar-refractivity contribution in [3.8, 4) is 0 Å². The van der Waals surface area contributed by atoms with Gasteiger partial charge >= 0.3 is 0 Å². The van der Waals surface area contributed by atoms with Gasteiger partial charge in [0.1, 0.15) is 12.6 Å². The Morgan fingerprint density at radius 2 is 1.62 bits per heavy atom. The summed E-state index contributed by atoms with van der Waals surface area (Å²) in [5.74, 6) is -0.968. The molecule has 0 aliphatic heterocycles. The van der Waals surface area contributed by atoms with E-state index in [-0.39, 0.29) is 33.1 Å². The Bertz CT molecular complexity index is 1380. The van der Waals surface area contributed by atoms with Crippen molar-refractivity contribution < 1.29 is 18.0 Å². The molecule has 0 aromatic heterocycles. The van der Waals surface area contributed by atoms with E-state index in [9.17, 15) is 18.0 Å². The summed E-state index contributed by atoms with van der Waals surface area (Å²) in [5, 5.41) is 2.97. The van der Waals surface area contributed by atoms with Gasteiger partial charge in [-0.05, 0) is 61.9 Å². The number of sulfonamides is 1. The lowest BCUT2D eigenvalue weighted by Crippen LogP contribution is -2.50. The first-order valence-electron chi connectivity index (χ1n) is 11.2. The van der Waals surface area contributed by atoms with Crippen LogP contribution in [0.5, 0.6) is 0 Å². The lowest BCUT2D eigenvalue weighted by Gasteiger charge is -2.32. The Hall–Kier alpha value is -2.59. The first-order chi connectivity index (χ1) is 17.4. The summed E-state index contributed by atoms with van der Waals surface area (Å²) in [6, 6.07) is 17.0. The molecule has 1 unspecified atom stereocenters. The van der Waals surface area contributed by atoms with Crippen LogP contribution < -0.4 is 9.62 Å². The van der Waals surface area contributed by atoms with Crippen LogP contribution in [0.2, 0.25) is 10.0 Å². The number of aryl methyl sites for hydroxylation is 1. The van der Waals surface area contributed by atoms with E-state index in [2.05, 4.69) is 21.2 Å². The van der Waals surface area contributed by atoms with Crippen molar-refractivity contribution in [3.05, 3.63) is 92.4 Å². The maximum atomic E-state index is 13.8. The van der Waals surface area contributed by atoms with Crippen molar-refractivity contribution in [2.75, 3.05) is 17.9 Å². The minimum absolute atomic E-state index is 0.000104. The molecule has 7 nitrogen and oxygen atoms in total. The van der Waals surface area contributed by atoms with Crippen LogP contribution in [0, 0.1) is 6.92 Å². The van der Waals surface area contributed by atoms with Crippen molar-refractivity contribution in [2.24, 2.45) is 0 Å². The van der Waals surface area contributed by atoms with Gasteiger partial charge in [0.05, 0.1) is 10.6 Å². The van der Waals surface area contributed by atoms with Crippen molar-refractivity contribution in [1.82, 2.24) is 10.2 Å². The first kappa shape index (κ1) is 29.0. The number of hydrogen-bond donors (Lipinski definition) is 1. The van der Waals surface area contributed by atoms with Gasteiger partial charge in [-0.15, -0.1) is 0 Å². The van der Waals surface area contributed by atoms with E-state index in [0.717, 1.165) is 19.9 Å². The quantitative estimate of drug-likeness (QED) is 0.344. The molecule has 0 saturated heterocycles. The Morgan fingerprint density at radius 1 is 1.00 bits per heavy atom. The molecule has 0 fully saturated rings. The smallest absolute Gasteiger partial charge is 0.264 e. The molecule has 11 heteroatoms. The molecule has 0 saturated carbocycles. The van der Waals surface area contributed by atoms with E-state index in [1.807, 2.05) is 31.2 Å². The first-order valence-corrected chi connectivity index (χ1v) is 14.2. The summed E-state index contributed by atoms with van der Waals surface area (Å²) in [6.45, 7) is 2.93. The number of rotatable bonds is 9. The van der Waals surface area contributed by atoms with Crippen LogP contribution in [-0.2, 0) is 26.2 Å². The number of likely N-dealkylation sites (N-methyl/N-ethyl adjacent to an activating group) is 1. The summed E-state index contributed by atoms with van der Waals surface area (Å²) < 4.78 is 29.3. The van der Waals surface area contributed by atoms with Crippen molar-refractivity contribution in [1.29, 1.82) is 0 Å². The lowest BCUT2D eigenvalue weighted by molar-refractivity contribution is -0.139. The van der Waals surface area contributed by atoms with Gasteiger partial charge in [-0.25, -0.2) is 8.42 Å². The molecule has 0 spiro atoms. The molecule has 3 aromatic carbocycles. The fourth-order valence-corrected chi connectivity index (χ4v) is 6.03. The van der Waals surface area contributed by atoms with E-state index < -0.39 is 28.5 Å². The predicted octanol–water partition coefficient (Wildman–Crippen LogP) is 5.42. The number of hydrogen-bond acceptors (Lipinski definition) is 4. The molecule has 0 heterocycles. The Morgan fingerprint density at radius 3 is 2.19 bits per heavy atom. The van der Waals surface area contributed by atoms with Gasteiger partial charge in [-0.2, -0.15) is 0 Å². The summed E-state index contributed by atoms with van der Waals surface area (Å²) >= 11 is 15.8. The third-order valence-corrected chi connectivity index (χ3v) is 8.40. The number of anilines is 1. The molecule has 2 amide bonds. The van der Waals surface area contributed by atoms with Crippen LogP contribution in [-0.4, -0.2) is 44.8 Å². The number of halogens is 3. The van der Waals surface area contributed by atoms with E-state index in [1.165, 1.54) is 42.3 Å². The minimum Gasteiger partial charge on any atom is -0.357 e. The topological polar surface area (TPSA) is 86.8 Å². The highest BCUT2D eigenvalue weighted by atomic mass is 79.9. The molecule has 3 aromatic rings. The van der Waals surface area contributed by atoms with Gasteiger partial charge in [0, 0.05) is 28.1 Å². The second-order valence-corrected chi connectivity index (χ2v) is 12.0. The van der Waals surface area contributed by atoms with Crippen molar-refractivity contribution in [2.45, 2.75) is 31.3 Å². The largest absolute Gasteiger partial charge is 0.357 e. The molecular formula is C26H26BrCl2N3O4S. The number of nitrogens with one attached hydrogen (secondary N) is 1. The van der Waals surface area contributed by atoms with E-state index in [1.54, 1.807) is 19.1 Å². The zero-order valence-corrected chi connectivity index (χ0v) is 24.3. The van der Waals surface area contributed by atoms with Gasteiger partial charge in [-0.3, -0.25) is 13.9 Å². The SMILES string of the molecule is CNC(=O)C(C)N(Cc1cccc(Br)c1)C(=O)CN(c1cc(Cl)cc(Cl)c1)S(=O)(=O)c1ccc(C)cc1. The van der Waals surface area contributed by atoms with Crippen molar-refractivity contribution in [3.63, 3.8) is 0 Å². The third-order valence-electron chi connectivity index (χ3n) is 5.68. The third kappa shape index (κ3) is 7.25. The highest BCUT2D eigenvalue weighted by Gasteiger charge is 2.32. The van der Waals surface area contributed by atoms with E-state index >= 15 is 0 Å². The molecule has 0 aliphatic carbocycles. The molecule has 37 heavy (non-hydrogen) atoms. The van der Waals surface area contributed by atoms with Crippen LogP contribution in [0.4, 0.5) is 5.69 Å². The van der Waals surface area contributed by atoms with Gasteiger partial charge < -0.3 is 10.2 Å². The molecular weight excluding hydrogens is 601 g/mol. The number of nitrogens with zero attached hydrogens (tertiary/aromatic N) is 2. The zero-order chi connectivity index (χ0) is 27.3. The average Bonchev–Trinajstić information content (AvgIpc) is 2.84. The standard InChI is InChI=1S/C26H26BrCl2N3O4S/c1-17-7-9-24(10-8-17)37(35,36)32(23-13-21(28)12-22(29)14-23)16-25(33)31(18(2)26(34)30-3)15-19-5-4-6-20(27)11-19/h4-14,18H,15-16H2,1-3H3,(H,30,34). The van der Waals surface area contributed by atoms with Crippen LogP contribution in [0.25, 0.3) is 0 Å². The minimum atomic E-state index is -4.20. The lowest BCUT2D eigenvalue weighted by atomic mass is 10.1. The van der Waals surface area contributed by atoms with Crippen LogP contribution in [0.15, 0.2) is 76.1 Å². The molecule has 3 rings (SSSR count). The van der Waals surface area contributed by atoms with E-state index in [4.69, 9.17) is 23.2 Å². The highest BCUT2D eigenvalue weighted by molar-refractivity contribution is 9.10. The Labute approximate surface area is 235 Å².